The van der Waals surface area contributed by atoms with Crippen LogP contribution in [-0.4, -0.2) is 8.41 Å². The lowest BCUT2D eigenvalue weighted by Gasteiger charge is -2.62. The summed E-state index contributed by atoms with van der Waals surface area (Å²) in [6.45, 7) is 0. The molecule has 9 rings (SSSR count). The molecular weight excluding hydrogens is 367 g/mol. The van der Waals surface area contributed by atoms with Crippen LogP contribution < -0.4 is 0 Å². The Balaban J connectivity index is 1.27. The van der Waals surface area contributed by atoms with Crippen molar-refractivity contribution in [1.29, 1.82) is 0 Å². The highest BCUT2D eigenvalue weighted by Gasteiger charge is 2.84. The highest BCUT2D eigenvalue weighted by molar-refractivity contribution is 8.12. The van der Waals surface area contributed by atoms with Crippen LogP contribution in [0.4, 0.5) is 0 Å². The average Bonchev–Trinajstić information content (AvgIpc) is 3.11. The zero-order chi connectivity index (χ0) is 16.7. The molecule has 1 aliphatic heterocycles. The minimum absolute atomic E-state index is 0.136. The summed E-state index contributed by atoms with van der Waals surface area (Å²) >= 11 is 17.3. The molecule has 25 heavy (non-hydrogen) atoms. The topological polar surface area (TPSA) is 0 Å². The number of alkyl halides is 2. The molecule has 0 aromatic carbocycles. The Hall–Kier alpha value is 0.930. The van der Waals surface area contributed by atoms with E-state index in [2.05, 4.69) is 0 Å². The molecule has 9 fully saturated rings. The summed E-state index contributed by atoms with van der Waals surface area (Å²) in [7, 11) is 0. The molecule has 8 aliphatic carbocycles. The van der Waals surface area contributed by atoms with E-state index in [1.54, 1.807) is 0 Å². The number of rotatable bonds is 2. The summed E-state index contributed by atoms with van der Waals surface area (Å²) in [5.41, 5.74) is 0.748. The van der Waals surface area contributed by atoms with E-state index in [0.717, 1.165) is 35.5 Å². The van der Waals surface area contributed by atoms with E-state index in [1.807, 2.05) is 11.8 Å². The Kier molecular flexibility index (Phi) is 2.89. The lowest BCUT2D eigenvalue weighted by Crippen LogP contribution is -2.58. The third-order valence-corrected chi connectivity index (χ3v) is 14.1. The molecular formula is C22H30Cl2S. The molecule has 3 heteroatoms. The third kappa shape index (κ3) is 1.78. The van der Waals surface area contributed by atoms with Crippen molar-refractivity contribution in [2.45, 2.75) is 85.5 Å². The predicted molar refractivity (Wildman–Crippen MR) is 106 cm³/mol. The van der Waals surface area contributed by atoms with Crippen molar-refractivity contribution in [1.82, 2.24) is 0 Å². The van der Waals surface area contributed by atoms with Crippen molar-refractivity contribution in [3.05, 3.63) is 0 Å². The predicted octanol–water partition coefficient (Wildman–Crippen LogP) is 7.04. The summed E-state index contributed by atoms with van der Waals surface area (Å²) < 4.78 is -0.271. The standard InChI is InChI=1S/C22H30Cl2S/c23-21(19-7-13-1-14(8-19)3-15(2-13)9-19)22(24,25-21)20-10-16-4-17(11-20)6-18(5-16)12-20/h13-18H,1-12H2. The van der Waals surface area contributed by atoms with Crippen LogP contribution in [-0.2, 0) is 0 Å². The minimum Gasteiger partial charge on any atom is -0.109 e. The van der Waals surface area contributed by atoms with E-state index in [1.165, 1.54) is 77.0 Å². The number of thioether (sulfide) groups is 1. The quantitative estimate of drug-likeness (QED) is 0.356. The number of halogens is 2. The average molecular weight is 397 g/mol. The zero-order valence-electron chi connectivity index (χ0n) is 15.1. The Morgan fingerprint density at radius 1 is 0.480 bits per heavy atom. The maximum atomic E-state index is 7.64. The molecule has 0 amide bonds. The Morgan fingerprint density at radius 2 is 0.720 bits per heavy atom. The van der Waals surface area contributed by atoms with Gasteiger partial charge in [-0.15, -0.1) is 35.0 Å². The van der Waals surface area contributed by atoms with Gasteiger partial charge in [0.15, 0.2) is 0 Å². The van der Waals surface area contributed by atoms with Gasteiger partial charge in [-0.1, -0.05) is 0 Å². The van der Waals surface area contributed by atoms with Crippen molar-refractivity contribution in [3.8, 4) is 0 Å². The summed E-state index contributed by atoms with van der Waals surface area (Å²) in [5.74, 6) is 5.84. The normalized spacial score (nSPS) is 69.4. The first-order chi connectivity index (χ1) is 11.9. The van der Waals surface area contributed by atoms with E-state index in [4.69, 9.17) is 23.2 Å². The van der Waals surface area contributed by atoms with Gasteiger partial charge in [0.25, 0.3) is 0 Å². The Labute approximate surface area is 166 Å². The first-order valence-corrected chi connectivity index (χ1v) is 12.6. The van der Waals surface area contributed by atoms with E-state index >= 15 is 0 Å². The first-order valence-electron chi connectivity index (χ1n) is 11.0. The monoisotopic (exact) mass is 396 g/mol. The number of hydrogen-bond donors (Lipinski definition) is 0. The fourth-order valence-corrected chi connectivity index (χ4v) is 13.5. The van der Waals surface area contributed by atoms with Gasteiger partial charge in [0.1, 0.15) is 8.41 Å². The molecule has 0 N–H and O–H groups in total. The second-order valence-corrected chi connectivity index (χ2v) is 14.7. The molecule has 0 radical (unpaired) electrons. The van der Waals surface area contributed by atoms with Crippen LogP contribution in [0.5, 0.6) is 0 Å². The summed E-state index contributed by atoms with van der Waals surface area (Å²) in [6.07, 6.45) is 17.4. The van der Waals surface area contributed by atoms with Gasteiger partial charge in [0.05, 0.1) is 0 Å². The van der Waals surface area contributed by atoms with Gasteiger partial charge in [0, 0.05) is 10.8 Å². The molecule has 2 unspecified atom stereocenters. The van der Waals surface area contributed by atoms with E-state index < -0.39 is 0 Å². The summed E-state index contributed by atoms with van der Waals surface area (Å²) in [5, 5.41) is 0. The molecule has 8 saturated carbocycles. The van der Waals surface area contributed by atoms with Crippen LogP contribution in [0, 0.1) is 46.3 Å². The summed E-state index contributed by atoms with van der Waals surface area (Å²) in [4.78, 5) is 0. The van der Waals surface area contributed by atoms with Crippen LogP contribution in [0.3, 0.4) is 0 Å². The molecule has 1 heterocycles. The van der Waals surface area contributed by atoms with E-state index in [9.17, 15) is 0 Å². The fraction of sp³-hybridized carbons (Fsp3) is 1.00. The molecule has 138 valence electrons. The molecule has 8 bridgehead atoms. The molecule has 0 nitrogen and oxygen atoms in total. The van der Waals surface area contributed by atoms with Crippen molar-refractivity contribution < 1.29 is 0 Å². The van der Waals surface area contributed by atoms with Crippen molar-refractivity contribution in [2.24, 2.45) is 46.3 Å². The highest BCUT2D eigenvalue weighted by Crippen LogP contribution is 2.89. The number of hydrogen-bond acceptors (Lipinski definition) is 1. The van der Waals surface area contributed by atoms with Crippen LogP contribution in [0.15, 0.2) is 0 Å². The van der Waals surface area contributed by atoms with Gasteiger partial charge < -0.3 is 0 Å². The van der Waals surface area contributed by atoms with Crippen LogP contribution in [0.1, 0.15) is 77.0 Å². The lowest BCUT2D eigenvalue weighted by atomic mass is 9.45. The minimum atomic E-state index is -0.136. The van der Waals surface area contributed by atoms with Crippen molar-refractivity contribution in [2.75, 3.05) is 0 Å². The van der Waals surface area contributed by atoms with E-state index in [0.29, 0.717) is 10.8 Å². The fourth-order valence-electron chi connectivity index (χ4n) is 10.1. The van der Waals surface area contributed by atoms with Crippen LogP contribution in [0.25, 0.3) is 0 Å². The molecule has 9 aliphatic rings. The molecule has 2 atom stereocenters. The van der Waals surface area contributed by atoms with E-state index in [-0.39, 0.29) is 8.41 Å². The molecule has 0 aromatic rings. The lowest BCUT2D eigenvalue weighted by molar-refractivity contribution is -0.0861. The van der Waals surface area contributed by atoms with Gasteiger partial charge in [-0.3, -0.25) is 0 Å². The maximum absolute atomic E-state index is 7.64. The van der Waals surface area contributed by atoms with Crippen LogP contribution >= 0.6 is 35.0 Å². The molecule has 0 spiro atoms. The summed E-state index contributed by atoms with van der Waals surface area (Å²) in [6, 6.07) is 0. The van der Waals surface area contributed by atoms with Crippen molar-refractivity contribution >= 4 is 35.0 Å². The highest BCUT2D eigenvalue weighted by atomic mass is 35.5. The maximum Gasteiger partial charge on any atom is 0.126 e. The molecule has 0 aromatic heterocycles. The third-order valence-electron chi connectivity index (χ3n) is 10.1. The Bertz CT molecular complexity index is 519. The van der Waals surface area contributed by atoms with Gasteiger partial charge in [-0.2, -0.15) is 0 Å². The van der Waals surface area contributed by atoms with Crippen molar-refractivity contribution in [3.63, 3.8) is 0 Å². The van der Waals surface area contributed by atoms with Gasteiger partial charge in [-0.25, -0.2) is 0 Å². The first kappa shape index (κ1) is 15.8. The Morgan fingerprint density at radius 3 is 0.960 bits per heavy atom. The van der Waals surface area contributed by atoms with Gasteiger partial charge in [-0.05, 0) is 113 Å². The van der Waals surface area contributed by atoms with Gasteiger partial charge in [0.2, 0.25) is 0 Å². The second kappa shape index (κ2) is 4.56. The van der Waals surface area contributed by atoms with Gasteiger partial charge >= 0.3 is 0 Å². The molecule has 1 saturated heterocycles. The zero-order valence-corrected chi connectivity index (χ0v) is 17.4. The second-order valence-electron chi connectivity index (χ2n) is 11.7. The van der Waals surface area contributed by atoms with Crippen LogP contribution in [0.2, 0.25) is 0 Å². The smallest absolute Gasteiger partial charge is 0.109 e. The largest absolute Gasteiger partial charge is 0.126 e. The SMILES string of the molecule is ClC1(C23CC4CC(CC(C4)C2)C3)SC1(Cl)C12CC3CC(CC(C3)C1)C2.